The number of anilines is 1. The molecule has 3 N–H and O–H groups in total. The largest absolute Gasteiger partial charge is 0.393 e. The molecule has 0 saturated carbocycles. The van der Waals surface area contributed by atoms with Crippen molar-refractivity contribution in [1.29, 1.82) is 0 Å². The third-order valence-electron chi connectivity index (χ3n) is 3.57. The number of pyridine rings is 1. The van der Waals surface area contributed by atoms with Crippen LogP contribution in [0.2, 0.25) is 0 Å². The highest BCUT2D eigenvalue weighted by Crippen LogP contribution is 2.22. The highest BCUT2D eigenvalue weighted by atomic mass is 16.6. The van der Waals surface area contributed by atoms with Gasteiger partial charge in [-0.1, -0.05) is 6.07 Å². The molecule has 0 atom stereocenters. The van der Waals surface area contributed by atoms with Gasteiger partial charge in [0.2, 0.25) is 0 Å². The molecule has 24 heavy (non-hydrogen) atoms. The van der Waals surface area contributed by atoms with E-state index in [9.17, 15) is 14.9 Å². The Morgan fingerprint density at radius 2 is 2.17 bits per heavy atom. The summed E-state index contributed by atoms with van der Waals surface area (Å²) in [5, 5.41) is 13.6. The maximum atomic E-state index is 12.1. The molecule has 0 spiro atoms. The normalized spacial score (nSPS) is 10.7. The van der Waals surface area contributed by atoms with Gasteiger partial charge in [-0.3, -0.25) is 14.9 Å². The van der Waals surface area contributed by atoms with Gasteiger partial charge in [0.1, 0.15) is 11.3 Å². The number of amides is 1. The van der Waals surface area contributed by atoms with Crippen molar-refractivity contribution in [3.63, 3.8) is 0 Å². The van der Waals surface area contributed by atoms with Gasteiger partial charge < -0.3 is 15.5 Å². The lowest BCUT2D eigenvalue weighted by molar-refractivity contribution is -0.383. The van der Waals surface area contributed by atoms with Crippen LogP contribution in [-0.4, -0.2) is 26.8 Å². The number of nitrogens with one attached hydrogen (secondary N) is 1. The second-order valence-electron chi connectivity index (χ2n) is 5.23. The summed E-state index contributed by atoms with van der Waals surface area (Å²) in [6, 6.07) is 9.71. The number of nitrogen functional groups attached to an aromatic ring is 1. The first-order chi connectivity index (χ1) is 11.5. The summed E-state index contributed by atoms with van der Waals surface area (Å²) in [6.07, 6.45) is 4.36. The second-order valence-corrected chi connectivity index (χ2v) is 5.23. The molecule has 3 rings (SSSR count). The number of nitro benzene ring substituents is 1. The number of nitrogens with two attached hydrogens (primary N) is 1. The molecule has 8 nitrogen and oxygen atoms in total. The van der Waals surface area contributed by atoms with Crippen LogP contribution in [0.3, 0.4) is 0 Å². The number of nitrogens with zero attached hydrogens (tertiary/aromatic N) is 3. The molecule has 2 heterocycles. The summed E-state index contributed by atoms with van der Waals surface area (Å²) in [7, 11) is 0. The zero-order chi connectivity index (χ0) is 17.1. The van der Waals surface area contributed by atoms with Crippen LogP contribution in [0.1, 0.15) is 16.1 Å². The van der Waals surface area contributed by atoms with Crippen LogP contribution in [0.4, 0.5) is 11.4 Å². The highest BCUT2D eigenvalue weighted by molar-refractivity contribution is 5.95. The summed E-state index contributed by atoms with van der Waals surface area (Å²) in [5.41, 5.74) is 7.17. The third-order valence-corrected chi connectivity index (χ3v) is 3.57. The van der Waals surface area contributed by atoms with Gasteiger partial charge in [0.25, 0.3) is 11.6 Å². The van der Waals surface area contributed by atoms with Gasteiger partial charge in [0.15, 0.2) is 0 Å². The van der Waals surface area contributed by atoms with Gasteiger partial charge in [0.05, 0.1) is 10.6 Å². The molecular formula is C16H15N5O3. The van der Waals surface area contributed by atoms with Crippen molar-refractivity contribution in [2.24, 2.45) is 0 Å². The molecule has 122 valence electrons. The SMILES string of the molecule is Nc1ccc(C(=O)NCCc2cn3ccccc3n2)cc1[N+](=O)[O-]. The molecule has 0 unspecified atom stereocenters. The molecule has 0 bridgehead atoms. The minimum absolute atomic E-state index is 0.0289. The third kappa shape index (κ3) is 3.17. The Hall–Kier alpha value is -3.42. The van der Waals surface area contributed by atoms with E-state index < -0.39 is 4.92 Å². The monoisotopic (exact) mass is 325 g/mol. The number of hydrogen-bond acceptors (Lipinski definition) is 5. The Labute approximate surface area is 137 Å². The maximum absolute atomic E-state index is 12.1. The summed E-state index contributed by atoms with van der Waals surface area (Å²) >= 11 is 0. The van der Waals surface area contributed by atoms with Crippen molar-refractivity contribution in [1.82, 2.24) is 14.7 Å². The number of benzene rings is 1. The molecule has 0 radical (unpaired) electrons. The fraction of sp³-hybridized carbons (Fsp3) is 0.125. The topological polar surface area (TPSA) is 116 Å². The second kappa shape index (κ2) is 6.37. The molecule has 1 aromatic carbocycles. The van der Waals surface area contributed by atoms with E-state index in [0.29, 0.717) is 13.0 Å². The average molecular weight is 325 g/mol. The first-order valence-electron chi connectivity index (χ1n) is 7.29. The predicted octanol–water partition coefficient (Wildman–Crippen LogP) is 1.80. The van der Waals surface area contributed by atoms with Crippen molar-refractivity contribution in [2.45, 2.75) is 6.42 Å². The van der Waals surface area contributed by atoms with E-state index in [4.69, 9.17) is 5.73 Å². The number of fused-ring (bicyclic) bond motifs is 1. The van der Waals surface area contributed by atoms with E-state index in [1.165, 1.54) is 18.2 Å². The number of nitro groups is 1. The lowest BCUT2D eigenvalue weighted by Gasteiger charge is -2.05. The smallest absolute Gasteiger partial charge is 0.292 e. The zero-order valence-electron chi connectivity index (χ0n) is 12.7. The quantitative estimate of drug-likeness (QED) is 0.421. The molecule has 8 heteroatoms. The molecule has 3 aromatic rings. The van der Waals surface area contributed by atoms with Crippen LogP contribution in [-0.2, 0) is 6.42 Å². The number of imidazole rings is 1. The van der Waals surface area contributed by atoms with Crippen molar-refractivity contribution in [3.8, 4) is 0 Å². The number of hydrogen-bond donors (Lipinski definition) is 2. The molecule has 1 amide bonds. The summed E-state index contributed by atoms with van der Waals surface area (Å²) in [5.74, 6) is -0.387. The lowest BCUT2D eigenvalue weighted by Crippen LogP contribution is -2.25. The van der Waals surface area contributed by atoms with Crippen LogP contribution in [0.5, 0.6) is 0 Å². The Bertz CT molecular complexity index is 886. The predicted molar refractivity (Wildman–Crippen MR) is 88.7 cm³/mol. The standard InChI is InChI=1S/C16H15N5O3/c17-13-5-4-11(9-14(13)21(23)24)16(22)18-7-6-12-10-20-8-2-1-3-15(20)19-12/h1-5,8-10H,6-7,17H2,(H,18,22). The fourth-order valence-corrected chi connectivity index (χ4v) is 2.36. The van der Waals surface area contributed by atoms with Crippen LogP contribution in [0.25, 0.3) is 5.65 Å². The maximum Gasteiger partial charge on any atom is 0.292 e. The summed E-state index contributed by atoms with van der Waals surface area (Å²) in [6.45, 7) is 0.376. The van der Waals surface area contributed by atoms with Gasteiger partial charge in [0, 0.05) is 37.0 Å². The number of carbonyl (C=O) groups excluding carboxylic acids is 1. The molecule has 2 aromatic heterocycles. The van der Waals surface area contributed by atoms with Crippen molar-refractivity contribution in [2.75, 3.05) is 12.3 Å². The van der Waals surface area contributed by atoms with E-state index in [1.54, 1.807) is 0 Å². The Morgan fingerprint density at radius 1 is 1.33 bits per heavy atom. The Balaban J connectivity index is 1.63. The molecule has 0 fully saturated rings. The van der Waals surface area contributed by atoms with Gasteiger partial charge >= 0.3 is 0 Å². The van der Waals surface area contributed by atoms with Gasteiger partial charge in [-0.25, -0.2) is 4.98 Å². The molecule has 0 aliphatic heterocycles. The Morgan fingerprint density at radius 3 is 2.92 bits per heavy atom. The minimum Gasteiger partial charge on any atom is -0.393 e. The number of carbonyl (C=O) groups is 1. The van der Waals surface area contributed by atoms with Crippen molar-refractivity contribution in [3.05, 3.63) is 70.2 Å². The van der Waals surface area contributed by atoms with E-state index in [2.05, 4.69) is 10.3 Å². The minimum atomic E-state index is -0.608. The van der Waals surface area contributed by atoms with Crippen LogP contribution >= 0.6 is 0 Å². The van der Waals surface area contributed by atoms with E-state index >= 15 is 0 Å². The number of aromatic nitrogens is 2. The highest BCUT2D eigenvalue weighted by Gasteiger charge is 2.15. The Kier molecular flexibility index (Phi) is 4.11. The fourth-order valence-electron chi connectivity index (χ4n) is 2.36. The van der Waals surface area contributed by atoms with E-state index in [0.717, 1.165) is 11.3 Å². The summed E-state index contributed by atoms with van der Waals surface area (Å²) < 4.78 is 1.90. The van der Waals surface area contributed by atoms with Crippen LogP contribution in [0, 0.1) is 10.1 Å². The molecular weight excluding hydrogens is 310 g/mol. The lowest BCUT2D eigenvalue weighted by atomic mass is 10.1. The van der Waals surface area contributed by atoms with Crippen LogP contribution in [0.15, 0.2) is 48.8 Å². The summed E-state index contributed by atoms with van der Waals surface area (Å²) in [4.78, 5) is 26.8. The zero-order valence-corrected chi connectivity index (χ0v) is 12.7. The molecule has 0 saturated heterocycles. The first kappa shape index (κ1) is 15.5. The number of rotatable bonds is 5. The van der Waals surface area contributed by atoms with Crippen molar-refractivity contribution >= 4 is 22.9 Å². The first-order valence-corrected chi connectivity index (χ1v) is 7.29. The van der Waals surface area contributed by atoms with Crippen molar-refractivity contribution < 1.29 is 9.72 Å². The average Bonchev–Trinajstić information content (AvgIpc) is 2.97. The van der Waals surface area contributed by atoms with E-state index in [-0.39, 0.29) is 22.8 Å². The van der Waals surface area contributed by atoms with Gasteiger partial charge in [-0.2, -0.15) is 0 Å². The van der Waals surface area contributed by atoms with E-state index in [1.807, 2.05) is 35.0 Å². The van der Waals surface area contributed by atoms with Crippen LogP contribution < -0.4 is 11.1 Å². The molecule has 0 aliphatic carbocycles. The molecule has 0 aliphatic rings. The van der Waals surface area contributed by atoms with Gasteiger partial charge in [-0.05, 0) is 24.3 Å². The van der Waals surface area contributed by atoms with Gasteiger partial charge in [-0.15, -0.1) is 0 Å².